The number of nitrogens with one attached hydrogen (secondary N) is 1. The van der Waals surface area contributed by atoms with Crippen molar-refractivity contribution in [3.05, 3.63) is 78.8 Å². The second-order valence-electron chi connectivity index (χ2n) is 7.09. The lowest BCUT2D eigenvalue weighted by molar-refractivity contribution is 0.494. The van der Waals surface area contributed by atoms with Gasteiger partial charge in [0.15, 0.2) is 0 Å². The van der Waals surface area contributed by atoms with E-state index in [1.54, 1.807) is 0 Å². The number of nitrogens with zero attached hydrogens (tertiary/aromatic N) is 1. The molecule has 4 aromatic rings. The zero-order chi connectivity index (χ0) is 18.1. The molecule has 1 atom stereocenters. The SMILES string of the molecule is CC(C)[C@H](N)c1ncc(-c2ccc3cc(-c4ccccc4)ccc3c2)[nH]1. The number of fused-ring (bicyclic) bond motifs is 1. The minimum absolute atomic E-state index is 0.0716. The van der Waals surface area contributed by atoms with Crippen molar-refractivity contribution >= 4 is 10.8 Å². The monoisotopic (exact) mass is 341 g/mol. The van der Waals surface area contributed by atoms with Gasteiger partial charge in [-0.05, 0) is 39.9 Å². The smallest absolute Gasteiger partial charge is 0.123 e. The maximum atomic E-state index is 6.20. The number of aromatic nitrogens is 2. The fourth-order valence-corrected chi connectivity index (χ4v) is 3.19. The van der Waals surface area contributed by atoms with E-state index in [9.17, 15) is 0 Å². The third-order valence-corrected chi connectivity index (χ3v) is 4.89. The van der Waals surface area contributed by atoms with Gasteiger partial charge in [0.05, 0.1) is 17.9 Å². The molecule has 3 N–H and O–H groups in total. The number of nitrogens with two attached hydrogens (primary N) is 1. The Morgan fingerprint density at radius 2 is 1.46 bits per heavy atom. The van der Waals surface area contributed by atoms with Crippen molar-refractivity contribution in [1.29, 1.82) is 0 Å². The fourth-order valence-electron chi connectivity index (χ4n) is 3.19. The quantitative estimate of drug-likeness (QED) is 0.511. The van der Waals surface area contributed by atoms with E-state index in [-0.39, 0.29) is 6.04 Å². The van der Waals surface area contributed by atoms with E-state index in [2.05, 4.69) is 84.5 Å². The highest BCUT2D eigenvalue weighted by molar-refractivity contribution is 5.90. The molecule has 0 amide bonds. The summed E-state index contributed by atoms with van der Waals surface area (Å²) in [6, 6.07) is 23.5. The number of benzene rings is 3. The summed E-state index contributed by atoms with van der Waals surface area (Å²) in [5, 5.41) is 2.44. The molecule has 26 heavy (non-hydrogen) atoms. The Labute approximate surface area is 153 Å². The average Bonchev–Trinajstić information content (AvgIpc) is 3.17. The second-order valence-corrected chi connectivity index (χ2v) is 7.09. The second kappa shape index (κ2) is 6.77. The molecule has 1 heterocycles. The van der Waals surface area contributed by atoms with Gasteiger partial charge in [-0.15, -0.1) is 0 Å². The van der Waals surface area contributed by atoms with Crippen LogP contribution >= 0.6 is 0 Å². The van der Waals surface area contributed by atoms with E-state index in [0.717, 1.165) is 17.1 Å². The minimum atomic E-state index is -0.0716. The summed E-state index contributed by atoms with van der Waals surface area (Å²) < 4.78 is 0. The molecule has 0 aliphatic carbocycles. The Morgan fingerprint density at radius 1 is 0.808 bits per heavy atom. The molecular formula is C23H23N3. The first-order chi connectivity index (χ1) is 12.6. The Kier molecular flexibility index (Phi) is 4.31. The normalized spacial score (nSPS) is 12.6. The molecule has 0 bridgehead atoms. The Morgan fingerprint density at radius 3 is 2.15 bits per heavy atom. The van der Waals surface area contributed by atoms with Crippen molar-refractivity contribution in [3.63, 3.8) is 0 Å². The first-order valence-corrected chi connectivity index (χ1v) is 9.02. The van der Waals surface area contributed by atoms with Gasteiger partial charge in [0.25, 0.3) is 0 Å². The number of H-pyrrole nitrogens is 1. The number of hydrogen-bond acceptors (Lipinski definition) is 2. The third-order valence-electron chi connectivity index (χ3n) is 4.89. The summed E-state index contributed by atoms with van der Waals surface area (Å²) >= 11 is 0. The fraction of sp³-hybridized carbons (Fsp3) is 0.174. The lowest BCUT2D eigenvalue weighted by Gasteiger charge is -2.12. The van der Waals surface area contributed by atoms with E-state index >= 15 is 0 Å². The molecule has 130 valence electrons. The van der Waals surface area contributed by atoms with Crippen LogP contribution in [-0.4, -0.2) is 9.97 Å². The predicted molar refractivity (Wildman–Crippen MR) is 109 cm³/mol. The maximum Gasteiger partial charge on any atom is 0.123 e. The van der Waals surface area contributed by atoms with Gasteiger partial charge in [-0.2, -0.15) is 0 Å². The van der Waals surface area contributed by atoms with Crippen LogP contribution in [-0.2, 0) is 0 Å². The maximum absolute atomic E-state index is 6.20. The molecule has 4 rings (SSSR count). The van der Waals surface area contributed by atoms with Crippen molar-refractivity contribution in [3.8, 4) is 22.4 Å². The largest absolute Gasteiger partial charge is 0.341 e. The predicted octanol–water partition coefficient (Wildman–Crippen LogP) is 5.55. The van der Waals surface area contributed by atoms with Crippen LogP contribution in [0.25, 0.3) is 33.2 Å². The topological polar surface area (TPSA) is 54.7 Å². The number of hydrogen-bond donors (Lipinski definition) is 2. The Balaban J connectivity index is 1.68. The van der Waals surface area contributed by atoms with Crippen LogP contribution in [0, 0.1) is 5.92 Å². The van der Waals surface area contributed by atoms with E-state index in [1.165, 1.54) is 21.9 Å². The van der Waals surface area contributed by atoms with Crippen molar-refractivity contribution in [2.24, 2.45) is 11.7 Å². The lowest BCUT2D eigenvalue weighted by atomic mass is 9.99. The van der Waals surface area contributed by atoms with Crippen molar-refractivity contribution in [1.82, 2.24) is 9.97 Å². The molecule has 0 aliphatic heterocycles. The Hall–Kier alpha value is -2.91. The summed E-state index contributed by atoms with van der Waals surface area (Å²) in [5.74, 6) is 1.19. The standard InChI is InChI=1S/C23H23N3/c1-15(2)22(24)23-25-14-21(26-23)20-11-10-18-12-17(8-9-19(18)13-20)16-6-4-3-5-7-16/h3-15,22H,24H2,1-2H3,(H,25,26)/t22-/m0/s1. The average molecular weight is 341 g/mol. The van der Waals surface area contributed by atoms with Gasteiger partial charge >= 0.3 is 0 Å². The van der Waals surface area contributed by atoms with Crippen LogP contribution < -0.4 is 5.73 Å². The molecule has 0 saturated heterocycles. The molecule has 3 heteroatoms. The molecule has 0 fully saturated rings. The summed E-state index contributed by atoms with van der Waals surface area (Å²) in [7, 11) is 0. The van der Waals surface area contributed by atoms with Gasteiger partial charge < -0.3 is 10.7 Å². The molecule has 0 aliphatic rings. The van der Waals surface area contributed by atoms with E-state index < -0.39 is 0 Å². The first kappa shape index (κ1) is 16.6. The molecule has 1 aromatic heterocycles. The van der Waals surface area contributed by atoms with Gasteiger partial charge in [0.1, 0.15) is 5.82 Å². The molecule has 3 nitrogen and oxygen atoms in total. The first-order valence-electron chi connectivity index (χ1n) is 9.02. The molecular weight excluding hydrogens is 318 g/mol. The van der Waals surface area contributed by atoms with Crippen LogP contribution in [0.5, 0.6) is 0 Å². The van der Waals surface area contributed by atoms with E-state index in [4.69, 9.17) is 5.73 Å². The summed E-state index contributed by atoms with van der Waals surface area (Å²) in [6.45, 7) is 4.21. The molecule has 3 aromatic carbocycles. The molecule has 0 unspecified atom stereocenters. The van der Waals surface area contributed by atoms with Gasteiger partial charge in [0.2, 0.25) is 0 Å². The zero-order valence-electron chi connectivity index (χ0n) is 15.1. The molecule has 0 spiro atoms. The molecule has 0 saturated carbocycles. The Bertz CT molecular complexity index is 1030. The van der Waals surface area contributed by atoms with Gasteiger partial charge in [-0.25, -0.2) is 4.98 Å². The van der Waals surface area contributed by atoms with Gasteiger partial charge in [-0.3, -0.25) is 0 Å². The van der Waals surface area contributed by atoms with Crippen LogP contribution in [0.1, 0.15) is 25.7 Å². The highest BCUT2D eigenvalue weighted by Crippen LogP contribution is 2.28. The number of aromatic amines is 1. The zero-order valence-corrected chi connectivity index (χ0v) is 15.1. The van der Waals surface area contributed by atoms with E-state index in [0.29, 0.717) is 5.92 Å². The number of rotatable bonds is 4. The van der Waals surface area contributed by atoms with Gasteiger partial charge in [-0.1, -0.05) is 68.4 Å². The lowest BCUT2D eigenvalue weighted by Crippen LogP contribution is -2.18. The summed E-state index contributed by atoms with van der Waals surface area (Å²) in [6.07, 6.45) is 1.87. The van der Waals surface area contributed by atoms with Crippen LogP contribution in [0.15, 0.2) is 72.9 Å². The van der Waals surface area contributed by atoms with Gasteiger partial charge in [0, 0.05) is 5.56 Å². The minimum Gasteiger partial charge on any atom is -0.341 e. The van der Waals surface area contributed by atoms with Crippen LogP contribution in [0.2, 0.25) is 0 Å². The summed E-state index contributed by atoms with van der Waals surface area (Å²) in [5.41, 5.74) is 10.8. The number of imidazole rings is 1. The summed E-state index contributed by atoms with van der Waals surface area (Å²) in [4.78, 5) is 7.84. The highest BCUT2D eigenvalue weighted by Gasteiger charge is 2.14. The highest BCUT2D eigenvalue weighted by atomic mass is 15.0. The van der Waals surface area contributed by atoms with Crippen molar-refractivity contribution < 1.29 is 0 Å². The van der Waals surface area contributed by atoms with Crippen LogP contribution in [0.4, 0.5) is 0 Å². The molecule has 0 radical (unpaired) electrons. The van der Waals surface area contributed by atoms with E-state index in [1.807, 2.05) is 12.3 Å². The van der Waals surface area contributed by atoms with Crippen molar-refractivity contribution in [2.75, 3.05) is 0 Å². The van der Waals surface area contributed by atoms with Crippen LogP contribution in [0.3, 0.4) is 0 Å². The van der Waals surface area contributed by atoms with Crippen molar-refractivity contribution in [2.45, 2.75) is 19.9 Å². The third kappa shape index (κ3) is 3.14.